The third-order valence-corrected chi connectivity index (χ3v) is 6.80. The van der Waals surface area contributed by atoms with E-state index in [4.69, 9.17) is 11.6 Å². The van der Waals surface area contributed by atoms with E-state index in [-0.39, 0.29) is 30.1 Å². The van der Waals surface area contributed by atoms with Gasteiger partial charge in [0, 0.05) is 49.2 Å². The number of nitrogens with one attached hydrogen (secondary N) is 1. The van der Waals surface area contributed by atoms with Crippen LogP contribution in [0.3, 0.4) is 0 Å². The Hall–Kier alpha value is -3.33. The number of carboxylic acid groups (broad SMARTS) is 1. The number of halogens is 1. The first-order valence-corrected chi connectivity index (χ1v) is 12.2. The van der Waals surface area contributed by atoms with Gasteiger partial charge in [-0.2, -0.15) is 0 Å². The number of hydrogen-bond acceptors (Lipinski definition) is 6. The largest absolute Gasteiger partial charge is 0.478 e. The normalized spacial score (nSPS) is 18.1. The number of aliphatic hydroxyl groups is 1. The molecule has 1 aliphatic heterocycles. The maximum atomic E-state index is 12.9. The zero-order valence-electron chi connectivity index (χ0n) is 20.2. The van der Waals surface area contributed by atoms with E-state index in [0.717, 1.165) is 30.4 Å². The fourth-order valence-electron chi connectivity index (χ4n) is 4.57. The smallest absolute Gasteiger partial charge is 0.337 e. The molecule has 36 heavy (non-hydrogen) atoms. The van der Waals surface area contributed by atoms with Crippen LogP contribution in [0.4, 0.5) is 0 Å². The van der Waals surface area contributed by atoms with Crippen LogP contribution in [0.1, 0.15) is 62.0 Å². The van der Waals surface area contributed by atoms with Gasteiger partial charge in [0.25, 0.3) is 5.91 Å². The standard InChI is InChI=1S/C27H29ClN4O4/c1-16-22(27(35)36)12-18(13-29-16)15-32(2)26(34)19-5-3-17(4-6-19)11-21-8-9-23(31-21)25(33)20-7-10-24(28)30-14-20/h3-7,10,12-14,21,23,25,31,33H,8-9,11,15H2,1-2H3,(H,35,36)/t21-,23+,25+/m0/s1. The summed E-state index contributed by atoms with van der Waals surface area (Å²) in [7, 11) is 1.68. The highest BCUT2D eigenvalue weighted by Gasteiger charge is 2.30. The molecule has 188 valence electrons. The topological polar surface area (TPSA) is 116 Å². The zero-order valence-corrected chi connectivity index (χ0v) is 20.9. The van der Waals surface area contributed by atoms with Gasteiger partial charge >= 0.3 is 5.97 Å². The van der Waals surface area contributed by atoms with Crippen LogP contribution < -0.4 is 5.32 Å². The Morgan fingerprint density at radius 1 is 1.11 bits per heavy atom. The predicted octanol–water partition coefficient (Wildman–Crippen LogP) is 3.81. The number of amides is 1. The van der Waals surface area contributed by atoms with Crippen molar-refractivity contribution in [2.45, 2.75) is 50.9 Å². The molecule has 0 aliphatic carbocycles. The molecule has 1 fully saturated rings. The Labute approximate surface area is 215 Å². The molecule has 1 aromatic carbocycles. The minimum atomic E-state index is -1.04. The van der Waals surface area contributed by atoms with Crippen LogP contribution in [-0.4, -0.2) is 56.1 Å². The SMILES string of the molecule is Cc1ncc(CN(C)C(=O)c2ccc(C[C@@H]3CC[C@H]([C@H](O)c4ccc(Cl)nc4)N3)cc2)cc1C(=O)O. The minimum Gasteiger partial charge on any atom is -0.478 e. The van der Waals surface area contributed by atoms with E-state index in [1.807, 2.05) is 24.3 Å². The molecule has 1 aliphatic rings. The summed E-state index contributed by atoms with van der Waals surface area (Å²) in [5.41, 5.74) is 3.63. The van der Waals surface area contributed by atoms with E-state index in [1.54, 1.807) is 49.5 Å². The van der Waals surface area contributed by atoms with Gasteiger partial charge in [0.1, 0.15) is 5.15 Å². The highest BCUT2D eigenvalue weighted by atomic mass is 35.5. The van der Waals surface area contributed by atoms with Crippen molar-refractivity contribution in [3.63, 3.8) is 0 Å². The number of aromatic nitrogens is 2. The van der Waals surface area contributed by atoms with Gasteiger partial charge in [0.2, 0.25) is 0 Å². The number of aromatic carboxylic acids is 1. The molecule has 3 atom stereocenters. The molecule has 1 amide bonds. The number of aryl methyl sites for hydroxylation is 1. The summed E-state index contributed by atoms with van der Waals surface area (Å²) in [6.07, 6.45) is 5.14. The number of aliphatic hydroxyl groups excluding tert-OH is 1. The van der Waals surface area contributed by atoms with Crippen LogP contribution in [0.25, 0.3) is 0 Å². The Morgan fingerprint density at radius 3 is 2.53 bits per heavy atom. The summed E-state index contributed by atoms with van der Waals surface area (Å²) in [6.45, 7) is 1.90. The quantitative estimate of drug-likeness (QED) is 0.396. The van der Waals surface area contributed by atoms with Crippen molar-refractivity contribution >= 4 is 23.5 Å². The van der Waals surface area contributed by atoms with Crippen molar-refractivity contribution in [3.8, 4) is 0 Å². The second-order valence-electron chi connectivity index (χ2n) is 9.25. The van der Waals surface area contributed by atoms with Crippen molar-refractivity contribution in [3.05, 3.63) is 93.5 Å². The van der Waals surface area contributed by atoms with Crippen LogP contribution in [-0.2, 0) is 13.0 Å². The van der Waals surface area contributed by atoms with E-state index in [9.17, 15) is 19.8 Å². The average molecular weight is 509 g/mol. The van der Waals surface area contributed by atoms with Crippen molar-refractivity contribution in [1.29, 1.82) is 0 Å². The van der Waals surface area contributed by atoms with E-state index >= 15 is 0 Å². The van der Waals surface area contributed by atoms with Crippen LogP contribution in [0.2, 0.25) is 5.15 Å². The summed E-state index contributed by atoms with van der Waals surface area (Å²) in [4.78, 5) is 34.0. The van der Waals surface area contributed by atoms with Crippen LogP contribution in [0.15, 0.2) is 54.9 Å². The highest BCUT2D eigenvalue weighted by molar-refractivity contribution is 6.29. The van der Waals surface area contributed by atoms with Gasteiger partial charge in [-0.1, -0.05) is 29.8 Å². The second-order valence-corrected chi connectivity index (χ2v) is 9.64. The summed E-state index contributed by atoms with van der Waals surface area (Å²) in [6, 6.07) is 12.7. The first-order chi connectivity index (χ1) is 17.2. The number of nitrogens with zero attached hydrogens (tertiary/aromatic N) is 3. The first kappa shape index (κ1) is 25.8. The molecule has 0 saturated carbocycles. The fourth-order valence-corrected chi connectivity index (χ4v) is 4.68. The molecule has 1 saturated heterocycles. The molecule has 3 N–H and O–H groups in total. The Balaban J connectivity index is 1.32. The van der Waals surface area contributed by atoms with Gasteiger partial charge < -0.3 is 20.4 Å². The lowest BCUT2D eigenvalue weighted by Gasteiger charge is -2.20. The number of pyridine rings is 2. The lowest BCUT2D eigenvalue weighted by atomic mass is 10.0. The number of hydrogen-bond donors (Lipinski definition) is 3. The third-order valence-electron chi connectivity index (χ3n) is 6.57. The lowest BCUT2D eigenvalue weighted by molar-refractivity contribution is 0.0695. The van der Waals surface area contributed by atoms with Crippen molar-refractivity contribution in [2.75, 3.05) is 7.05 Å². The van der Waals surface area contributed by atoms with Crippen LogP contribution in [0.5, 0.6) is 0 Å². The number of benzene rings is 1. The maximum Gasteiger partial charge on any atom is 0.337 e. The van der Waals surface area contributed by atoms with E-state index in [0.29, 0.717) is 22.0 Å². The van der Waals surface area contributed by atoms with Gasteiger partial charge in [0.15, 0.2) is 0 Å². The first-order valence-electron chi connectivity index (χ1n) is 11.8. The molecule has 3 heterocycles. The number of carboxylic acids is 1. The van der Waals surface area contributed by atoms with E-state index in [2.05, 4.69) is 15.3 Å². The van der Waals surface area contributed by atoms with Gasteiger partial charge in [-0.3, -0.25) is 9.78 Å². The van der Waals surface area contributed by atoms with Crippen LogP contribution >= 0.6 is 11.6 Å². The lowest BCUT2D eigenvalue weighted by Crippen LogP contribution is -2.35. The summed E-state index contributed by atoms with van der Waals surface area (Å²) >= 11 is 5.84. The molecule has 4 rings (SSSR count). The number of rotatable bonds is 8. The average Bonchev–Trinajstić information content (AvgIpc) is 3.33. The van der Waals surface area contributed by atoms with Crippen LogP contribution in [0, 0.1) is 6.92 Å². The summed E-state index contributed by atoms with van der Waals surface area (Å²) < 4.78 is 0. The molecule has 2 aromatic heterocycles. The maximum absolute atomic E-state index is 12.9. The highest BCUT2D eigenvalue weighted by Crippen LogP contribution is 2.27. The molecular formula is C27H29ClN4O4. The molecule has 0 unspecified atom stereocenters. The van der Waals surface area contributed by atoms with Gasteiger partial charge in [-0.05, 0) is 61.6 Å². The van der Waals surface area contributed by atoms with E-state index in [1.165, 1.54) is 0 Å². The molecule has 0 spiro atoms. The minimum absolute atomic E-state index is 0.0506. The number of carbonyl (C=O) groups is 2. The van der Waals surface area contributed by atoms with Crippen molar-refractivity contribution in [1.82, 2.24) is 20.2 Å². The third kappa shape index (κ3) is 6.07. The van der Waals surface area contributed by atoms with Crippen molar-refractivity contribution in [2.24, 2.45) is 0 Å². The monoisotopic (exact) mass is 508 g/mol. The molecule has 0 radical (unpaired) electrons. The molecule has 8 nitrogen and oxygen atoms in total. The number of carbonyl (C=O) groups excluding carboxylic acids is 1. The molecule has 0 bridgehead atoms. The molecule has 3 aromatic rings. The Morgan fingerprint density at radius 2 is 1.86 bits per heavy atom. The Kier molecular flexibility index (Phi) is 7.98. The summed E-state index contributed by atoms with van der Waals surface area (Å²) in [5, 5.41) is 23.9. The summed E-state index contributed by atoms with van der Waals surface area (Å²) in [5.74, 6) is -1.19. The molecular weight excluding hydrogens is 480 g/mol. The zero-order chi connectivity index (χ0) is 25.8. The van der Waals surface area contributed by atoms with Gasteiger partial charge in [-0.15, -0.1) is 0 Å². The fraction of sp³-hybridized carbons (Fsp3) is 0.333. The predicted molar refractivity (Wildman–Crippen MR) is 136 cm³/mol. The second kappa shape index (κ2) is 11.2. The van der Waals surface area contributed by atoms with Gasteiger partial charge in [0.05, 0.1) is 17.4 Å². The van der Waals surface area contributed by atoms with Crippen molar-refractivity contribution < 1.29 is 19.8 Å². The van der Waals surface area contributed by atoms with Gasteiger partial charge in [-0.25, -0.2) is 9.78 Å². The Bertz CT molecular complexity index is 1230. The molecule has 9 heteroatoms. The van der Waals surface area contributed by atoms with E-state index < -0.39 is 12.1 Å².